The minimum Gasteiger partial charge on any atom is -0.481 e. The first-order chi connectivity index (χ1) is 17.6. The Morgan fingerprint density at radius 1 is 1.00 bits per heavy atom. The number of rotatable bonds is 7. The number of aliphatic carboxylic acids is 1. The minimum absolute atomic E-state index is 0.0120. The summed E-state index contributed by atoms with van der Waals surface area (Å²) in [4.78, 5) is 13.5. The Morgan fingerprint density at radius 2 is 1.63 bits per heavy atom. The Labute approximate surface area is 216 Å². The maximum atomic E-state index is 14.1. The molecular formula is C24H30F6N2O5S. The second kappa shape index (κ2) is 10.8. The van der Waals surface area contributed by atoms with Gasteiger partial charge in [-0.1, -0.05) is 12.8 Å². The predicted molar refractivity (Wildman–Crippen MR) is 125 cm³/mol. The van der Waals surface area contributed by atoms with Gasteiger partial charge in [-0.05, 0) is 43.9 Å². The van der Waals surface area contributed by atoms with Crippen molar-refractivity contribution in [2.24, 2.45) is 5.92 Å². The maximum absolute atomic E-state index is 14.1. The largest absolute Gasteiger partial charge is 0.481 e. The molecule has 1 aromatic rings. The molecule has 2 aliphatic carbocycles. The Morgan fingerprint density at radius 3 is 2.18 bits per heavy atom. The highest BCUT2D eigenvalue weighted by molar-refractivity contribution is 7.92. The van der Waals surface area contributed by atoms with Crippen molar-refractivity contribution in [3.8, 4) is 0 Å². The fraction of sp³-hybridized carbons (Fsp3) is 0.708. The smallest absolute Gasteiger partial charge is 0.417 e. The molecule has 14 heteroatoms. The van der Waals surface area contributed by atoms with Crippen LogP contribution in [0.25, 0.3) is 0 Å². The van der Waals surface area contributed by atoms with Crippen molar-refractivity contribution < 1.29 is 49.4 Å². The van der Waals surface area contributed by atoms with Crippen LogP contribution >= 0.6 is 0 Å². The number of carboxylic acids is 1. The highest BCUT2D eigenvalue weighted by Crippen LogP contribution is 2.43. The number of ether oxygens (including phenoxy) is 1. The van der Waals surface area contributed by atoms with E-state index in [0.717, 1.165) is 36.6 Å². The van der Waals surface area contributed by atoms with Gasteiger partial charge in [0.15, 0.2) is 9.84 Å². The highest BCUT2D eigenvalue weighted by atomic mass is 32.2. The summed E-state index contributed by atoms with van der Waals surface area (Å²) in [7, 11) is -4.58. The van der Waals surface area contributed by atoms with Crippen LogP contribution in [0.3, 0.4) is 0 Å². The first-order valence-corrected chi connectivity index (χ1v) is 14.1. The lowest BCUT2D eigenvalue weighted by atomic mass is 10.1. The lowest BCUT2D eigenvalue weighted by Gasteiger charge is -2.36. The van der Waals surface area contributed by atoms with E-state index in [2.05, 4.69) is 0 Å². The average Bonchev–Trinajstić information content (AvgIpc) is 3.48. The summed E-state index contributed by atoms with van der Waals surface area (Å²) in [6.45, 7) is -1.05. The predicted octanol–water partition coefficient (Wildman–Crippen LogP) is 4.35. The molecule has 1 saturated heterocycles. The number of carbonyl (C=O) groups is 1. The zero-order valence-electron chi connectivity index (χ0n) is 20.5. The number of sulfone groups is 1. The van der Waals surface area contributed by atoms with Gasteiger partial charge in [0, 0.05) is 31.9 Å². The normalized spacial score (nSPS) is 26.3. The molecule has 2 saturated carbocycles. The molecule has 1 N–H and O–H groups in total. The molecule has 1 heterocycles. The van der Waals surface area contributed by atoms with Gasteiger partial charge < -0.3 is 14.7 Å². The molecule has 0 spiro atoms. The lowest BCUT2D eigenvalue weighted by Crippen LogP contribution is -2.49. The molecule has 38 heavy (non-hydrogen) atoms. The summed E-state index contributed by atoms with van der Waals surface area (Å²) in [5.74, 6) is -2.39. The van der Waals surface area contributed by atoms with Crippen LogP contribution < -0.4 is 4.90 Å². The quantitative estimate of drug-likeness (QED) is 0.486. The van der Waals surface area contributed by atoms with Gasteiger partial charge in [0.25, 0.3) is 0 Å². The summed E-state index contributed by atoms with van der Waals surface area (Å²) >= 11 is 0. The number of benzene rings is 1. The van der Waals surface area contributed by atoms with Gasteiger partial charge in [-0.25, -0.2) is 8.42 Å². The molecule has 1 aliphatic heterocycles. The van der Waals surface area contributed by atoms with E-state index in [9.17, 15) is 44.7 Å². The molecule has 0 unspecified atom stereocenters. The Hall–Kier alpha value is -2.06. The van der Waals surface area contributed by atoms with Crippen molar-refractivity contribution in [3.63, 3.8) is 0 Å². The van der Waals surface area contributed by atoms with Crippen LogP contribution in [0.1, 0.15) is 44.1 Å². The molecule has 0 amide bonds. The molecule has 7 nitrogen and oxygen atoms in total. The SMILES string of the molecule is O=C(O)[C@H]1C[C@H](S(=O)(=O)c2ccc(N3CCN(CC(F)(F)F)CC3)cc2C(F)(F)F)C[C@@H]1OC1CCCC1. The van der Waals surface area contributed by atoms with Crippen LogP contribution in [0.2, 0.25) is 0 Å². The van der Waals surface area contributed by atoms with Crippen LogP contribution in [0.15, 0.2) is 23.1 Å². The van der Waals surface area contributed by atoms with E-state index < -0.39 is 62.4 Å². The molecule has 0 aromatic heterocycles. The van der Waals surface area contributed by atoms with Crippen LogP contribution in [0.4, 0.5) is 32.0 Å². The molecular weight excluding hydrogens is 542 g/mol. The van der Waals surface area contributed by atoms with E-state index in [-0.39, 0.29) is 50.8 Å². The fourth-order valence-electron chi connectivity index (χ4n) is 5.67. The van der Waals surface area contributed by atoms with E-state index in [1.165, 1.54) is 11.0 Å². The van der Waals surface area contributed by atoms with E-state index in [1.807, 2.05) is 0 Å². The Bertz CT molecular complexity index is 1110. The van der Waals surface area contributed by atoms with Gasteiger partial charge in [-0.2, -0.15) is 26.3 Å². The summed E-state index contributed by atoms with van der Waals surface area (Å²) in [5.41, 5.74) is -1.32. The van der Waals surface area contributed by atoms with Gasteiger partial charge in [-0.15, -0.1) is 0 Å². The molecule has 3 atom stereocenters. The second-order valence-corrected chi connectivity index (χ2v) is 12.4. The topological polar surface area (TPSA) is 87.1 Å². The van der Waals surface area contributed by atoms with Crippen molar-refractivity contribution in [2.45, 2.75) is 73.2 Å². The summed E-state index contributed by atoms with van der Waals surface area (Å²) in [6, 6.07) is 2.80. The number of alkyl halides is 6. The minimum atomic E-state index is -5.03. The number of hydrogen-bond acceptors (Lipinski definition) is 6. The maximum Gasteiger partial charge on any atom is 0.417 e. The molecule has 3 fully saturated rings. The number of nitrogens with zero attached hydrogens (tertiary/aromatic N) is 2. The van der Waals surface area contributed by atoms with Gasteiger partial charge in [0.2, 0.25) is 0 Å². The fourth-order valence-corrected chi connectivity index (χ4v) is 7.67. The van der Waals surface area contributed by atoms with Crippen molar-refractivity contribution >= 4 is 21.5 Å². The zero-order valence-corrected chi connectivity index (χ0v) is 21.3. The first-order valence-electron chi connectivity index (χ1n) is 12.5. The number of anilines is 1. The molecule has 3 aliphatic rings. The molecule has 214 valence electrons. The third kappa shape index (κ3) is 6.56. The van der Waals surface area contributed by atoms with Crippen molar-refractivity contribution in [3.05, 3.63) is 23.8 Å². The number of carboxylic acid groups (broad SMARTS) is 1. The van der Waals surface area contributed by atoms with Gasteiger partial charge >= 0.3 is 18.3 Å². The molecule has 0 radical (unpaired) electrons. The molecule has 0 bridgehead atoms. The van der Waals surface area contributed by atoms with Crippen LogP contribution in [-0.2, 0) is 25.5 Å². The average molecular weight is 573 g/mol. The third-order valence-electron chi connectivity index (χ3n) is 7.60. The standard InChI is InChI=1S/C24H30F6N2O5S/c25-23(26,27)14-31-7-9-32(10-8-31)15-5-6-21(19(11-15)24(28,29)30)38(35,36)17-12-18(22(33)34)20(13-17)37-16-3-1-2-4-16/h5-6,11,16-18,20H,1-4,7-10,12-14H2,(H,33,34)/t17-,18-,20-/m0/s1. The van der Waals surface area contributed by atoms with Gasteiger partial charge in [0.05, 0.1) is 40.4 Å². The third-order valence-corrected chi connectivity index (χ3v) is 9.83. The second-order valence-electron chi connectivity index (χ2n) is 10.2. The van der Waals surface area contributed by atoms with E-state index in [0.29, 0.717) is 6.07 Å². The van der Waals surface area contributed by atoms with Crippen LogP contribution in [0.5, 0.6) is 0 Å². The monoisotopic (exact) mass is 572 g/mol. The summed E-state index contributed by atoms with van der Waals surface area (Å²) in [5, 5.41) is 8.28. The van der Waals surface area contributed by atoms with Crippen molar-refractivity contribution in [2.75, 3.05) is 37.6 Å². The number of hydrogen-bond donors (Lipinski definition) is 1. The van der Waals surface area contributed by atoms with E-state index in [4.69, 9.17) is 4.74 Å². The summed E-state index contributed by atoms with van der Waals surface area (Å²) in [6.07, 6.45) is -7.79. The summed E-state index contributed by atoms with van der Waals surface area (Å²) < 4.78 is 113. The molecule has 1 aromatic carbocycles. The van der Waals surface area contributed by atoms with E-state index in [1.54, 1.807) is 0 Å². The Kier molecular flexibility index (Phi) is 8.25. The number of halogens is 6. The van der Waals surface area contributed by atoms with Crippen molar-refractivity contribution in [1.29, 1.82) is 0 Å². The van der Waals surface area contributed by atoms with E-state index >= 15 is 0 Å². The highest BCUT2D eigenvalue weighted by Gasteiger charge is 2.48. The lowest BCUT2D eigenvalue weighted by molar-refractivity contribution is -0.148. The van der Waals surface area contributed by atoms with Crippen molar-refractivity contribution in [1.82, 2.24) is 4.90 Å². The van der Waals surface area contributed by atoms with Crippen LogP contribution in [0, 0.1) is 5.92 Å². The Balaban J connectivity index is 1.55. The number of piperazine rings is 1. The van der Waals surface area contributed by atoms with Crippen LogP contribution in [-0.4, -0.2) is 80.8 Å². The zero-order chi connectivity index (χ0) is 27.9. The van der Waals surface area contributed by atoms with Gasteiger partial charge in [0.1, 0.15) is 0 Å². The first kappa shape index (κ1) is 28.9. The molecule has 4 rings (SSSR count). The van der Waals surface area contributed by atoms with Gasteiger partial charge in [-0.3, -0.25) is 9.69 Å².